The summed E-state index contributed by atoms with van der Waals surface area (Å²) in [7, 11) is 1.96. The minimum atomic E-state index is -0.0184. The normalized spacial score (nSPS) is 17.9. The number of nitrogens with one attached hydrogen (secondary N) is 1. The molecule has 1 aromatic rings. The van der Waals surface area contributed by atoms with E-state index < -0.39 is 0 Å². The van der Waals surface area contributed by atoms with E-state index in [0.29, 0.717) is 12.5 Å². The first-order valence-corrected chi connectivity index (χ1v) is 7.07. The van der Waals surface area contributed by atoms with Crippen molar-refractivity contribution in [3.63, 3.8) is 0 Å². The number of hydrogen-bond donors (Lipinski definition) is 1. The molecule has 2 heterocycles. The van der Waals surface area contributed by atoms with Crippen LogP contribution in [-0.4, -0.2) is 40.0 Å². The van der Waals surface area contributed by atoms with Gasteiger partial charge in [0.15, 0.2) is 0 Å². The topological polar surface area (TPSA) is 50.2 Å². The van der Waals surface area contributed by atoms with Gasteiger partial charge in [-0.05, 0) is 31.8 Å². The zero-order chi connectivity index (χ0) is 13.8. The van der Waals surface area contributed by atoms with Gasteiger partial charge in [0, 0.05) is 19.4 Å². The minimum Gasteiger partial charge on any atom is -0.345 e. The Morgan fingerprint density at radius 1 is 1.42 bits per heavy atom. The molecule has 1 N–H and O–H groups in total. The van der Waals surface area contributed by atoms with Crippen molar-refractivity contribution in [1.82, 2.24) is 19.8 Å². The molecule has 5 nitrogen and oxygen atoms in total. The molecule has 1 fully saturated rings. The molecule has 2 rings (SSSR count). The standard InChI is InChI=1S/C14H24N4O/c1-11(2)13(14-15-6-9-17(14)3)16-12(19)10-18-7-4-5-8-18/h6,9,11,13H,4-5,7-8,10H2,1-3H3,(H,16,19)/t13-/m0/s1. The highest BCUT2D eigenvalue weighted by Crippen LogP contribution is 2.19. The summed E-state index contributed by atoms with van der Waals surface area (Å²) in [6, 6.07) is -0.0184. The van der Waals surface area contributed by atoms with Crippen LogP contribution in [0.5, 0.6) is 0 Å². The molecule has 1 amide bonds. The molecule has 0 saturated carbocycles. The second-order valence-corrected chi connectivity index (χ2v) is 5.67. The Balaban J connectivity index is 1.97. The number of likely N-dealkylation sites (tertiary alicyclic amines) is 1. The highest BCUT2D eigenvalue weighted by Gasteiger charge is 2.23. The van der Waals surface area contributed by atoms with Gasteiger partial charge in [0.25, 0.3) is 0 Å². The molecule has 0 spiro atoms. The van der Waals surface area contributed by atoms with Crippen LogP contribution in [0.2, 0.25) is 0 Å². The van der Waals surface area contributed by atoms with E-state index >= 15 is 0 Å². The fourth-order valence-electron chi connectivity index (χ4n) is 2.57. The molecule has 1 aliphatic rings. The molecule has 0 unspecified atom stereocenters. The number of nitrogens with zero attached hydrogens (tertiary/aromatic N) is 3. The first-order valence-electron chi connectivity index (χ1n) is 7.07. The van der Waals surface area contributed by atoms with Gasteiger partial charge in [-0.2, -0.15) is 0 Å². The number of amides is 1. The summed E-state index contributed by atoms with van der Waals surface area (Å²) < 4.78 is 1.97. The average Bonchev–Trinajstić information content (AvgIpc) is 2.97. The fourth-order valence-corrected chi connectivity index (χ4v) is 2.57. The maximum atomic E-state index is 12.1. The van der Waals surface area contributed by atoms with Gasteiger partial charge in [-0.15, -0.1) is 0 Å². The lowest BCUT2D eigenvalue weighted by molar-refractivity contribution is -0.123. The second-order valence-electron chi connectivity index (χ2n) is 5.67. The quantitative estimate of drug-likeness (QED) is 0.873. The van der Waals surface area contributed by atoms with Crippen LogP contribution in [0.4, 0.5) is 0 Å². The Bertz CT molecular complexity index is 421. The first kappa shape index (κ1) is 14.1. The number of carbonyl (C=O) groups excluding carboxylic acids is 1. The summed E-state index contributed by atoms with van der Waals surface area (Å²) in [6.45, 7) is 6.81. The van der Waals surface area contributed by atoms with Gasteiger partial charge in [-0.25, -0.2) is 4.98 Å². The minimum absolute atomic E-state index is 0.0184. The van der Waals surface area contributed by atoms with E-state index in [4.69, 9.17) is 0 Å². The van der Waals surface area contributed by atoms with E-state index in [-0.39, 0.29) is 11.9 Å². The SMILES string of the molecule is CC(C)[C@H](NC(=O)CN1CCCC1)c1nccn1C. The number of aromatic nitrogens is 2. The summed E-state index contributed by atoms with van der Waals surface area (Å²) in [5, 5.41) is 3.12. The molecular weight excluding hydrogens is 240 g/mol. The van der Waals surface area contributed by atoms with Gasteiger partial charge in [0.1, 0.15) is 5.82 Å². The van der Waals surface area contributed by atoms with E-state index in [0.717, 1.165) is 18.9 Å². The lowest BCUT2D eigenvalue weighted by atomic mass is 10.0. The molecule has 1 atom stereocenters. The van der Waals surface area contributed by atoms with Crippen LogP contribution in [0, 0.1) is 5.92 Å². The summed E-state index contributed by atoms with van der Waals surface area (Å²) in [4.78, 5) is 18.7. The average molecular weight is 264 g/mol. The van der Waals surface area contributed by atoms with Crippen molar-refractivity contribution >= 4 is 5.91 Å². The molecule has 106 valence electrons. The maximum Gasteiger partial charge on any atom is 0.234 e. The van der Waals surface area contributed by atoms with Crippen molar-refractivity contribution in [1.29, 1.82) is 0 Å². The molecule has 1 saturated heterocycles. The maximum absolute atomic E-state index is 12.1. The van der Waals surface area contributed by atoms with Gasteiger partial charge in [0.05, 0.1) is 12.6 Å². The van der Waals surface area contributed by atoms with Crippen molar-refractivity contribution in [2.24, 2.45) is 13.0 Å². The number of rotatable bonds is 5. The molecule has 19 heavy (non-hydrogen) atoms. The van der Waals surface area contributed by atoms with Gasteiger partial charge in [-0.3, -0.25) is 9.69 Å². The molecule has 0 aliphatic carbocycles. The van der Waals surface area contributed by atoms with E-state index in [2.05, 4.69) is 29.0 Å². The van der Waals surface area contributed by atoms with Crippen molar-refractivity contribution in [3.05, 3.63) is 18.2 Å². The van der Waals surface area contributed by atoms with Crippen LogP contribution in [-0.2, 0) is 11.8 Å². The Morgan fingerprint density at radius 2 is 2.11 bits per heavy atom. The van der Waals surface area contributed by atoms with Gasteiger partial charge < -0.3 is 9.88 Å². The lowest BCUT2D eigenvalue weighted by Gasteiger charge is -2.23. The third kappa shape index (κ3) is 3.56. The van der Waals surface area contributed by atoms with Crippen LogP contribution in [0.25, 0.3) is 0 Å². The lowest BCUT2D eigenvalue weighted by Crippen LogP contribution is -2.40. The number of aryl methyl sites for hydroxylation is 1. The fraction of sp³-hybridized carbons (Fsp3) is 0.714. The Hall–Kier alpha value is -1.36. The predicted molar refractivity (Wildman–Crippen MR) is 74.6 cm³/mol. The van der Waals surface area contributed by atoms with E-state index in [1.165, 1.54) is 12.8 Å². The number of imidazole rings is 1. The van der Waals surface area contributed by atoms with E-state index in [1.807, 2.05) is 17.8 Å². The molecule has 0 bridgehead atoms. The molecule has 0 aromatic carbocycles. The third-order valence-electron chi connectivity index (χ3n) is 3.69. The third-order valence-corrected chi connectivity index (χ3v) is 3.69. The highest BCUT2D eigenvalue weighted by molar-refractivity contribution is 5.78. The number of hydrogen-bond acceptors (Lipinski definition) is 3. The van der Waals surface area contributed by atoms with Gasteiger partial charge in [0.2, 0.25) is 5.91 Å². The van der Waals surface area contributed by atoms with Gasteiger partial charge >= 0.3 is 0 Å². The van der Waals surface area contributed by atoms with Crippen molar-refractivity contribution in [3.8, 4) is 0 Å². The van der Waals surface area contributed by atoms with Crippen LogP contribution in [0.15, 0.2) is 12.4 Å². The van der Waals surface area contributed by atoms with E-state index in [1.54, 1.807) is 6.20 Å². The second kappa shape index (κ2) is 6.19. The molecular formula is C14H24N4O. The van der Waals surface area contributed by atoms with Crippen LogP contribution in [0.1, 0.15) is 38.6 Å². The molecule has 1 aliphatic heterocycles. The largest absolute Gasteiger partial charge is 0.345 e. The molecule has 1 aromatic heterocycles. The molecule has 5 heteroatoms. The van der Waals surface area contributed by atoms with Crippen molar-refractivity contribution < 1.29 is 4.79 Å². The summed E-state index contributed by atoms with van der Waals surface area (Å²) in [6.07, 6.45) is 6.11. The predicted octanol–water partition coefficient (Wildman–Crippen LogP) is 1.33. The Morgan fingerprint density at radius 3 is 2.63 bits per heavy atom. The monoisotopic (exact) mass is 264 g/mol. The van der Waals surface area contributed by atoms with Crippen molar-refractivity contribution in [2.45, 2.75) is 32.7 Å². The van der Waals surface area contributed by atoms with Crippen LogP contribution >= 0.6 is 0 Å². The molecule has 0 radical (unpaired) electrons. The van der Waals surface area contributed by atoms with Gasteiger partial charge in [-0.1, -0.05) is 13.8 Å². The van der Waals surface area contributed by atoms with E-state index in [9.17, 15) is 4.79 Å². The zero-order valence-corrected chi connectivity index (χ0v) is 12.1. The number of carbonyl (C=O) groups is 1. The smallest absolute Gasteiger partial charge is 0.234 e. The highest BCUT2D eigenvalue weighted by atomic mass is 16.2. The summed E-state index contributed by atoms with van der Waals surface area (Å²) in [5.74, 6) is 1.34. The van der Waals surface area contributed by atoms with Crippen molar-refractivity contribution in [2.75, 3.05) is 19.6 Å². The Labute approximate surface area is 115 Å². The summed E-state index contributed by atoms with van der Waals surface area (Å²) in [5.41, 5.74) is 0. The first-order chi connectivity index (χ1) is 9.08. The van der Waals surface area contributed by atoms with Crippen LogP contribution < -0.4 is 5.32 Å². The zero-order valence-electron chi connectivity index (χ0n) is 12.1. The Kier molecular flexibility index (Phi) is 4.58. The summed E-state index contributed by atoms with van der Waals surface area (Å²) >= 11 is 0. The van der Waals surface area contributed by atoms with Crippen LogP contribution in [0.3, 0.4) is 0 Å².